The third-order valence-electron chi connectivity index (χ3n) is 24.7. The normalized spacial score (nSPS) is 12.1. The molecular weight excluding hydrogens is 1790 g/mol. The first kappa shape index (κ1) is 91.4. The van der Waals surface area contributed by atoms with Gasteiger partial charge in [0.15, 0.2) is 34.4 Å². The number of imidazole rings is 3. The third kappa shape index (κ3) is 18.7. The Morgan fingerprint density at radius 3 is 0.958 bits per heavy atom. The van der Waals surface area contributed by atoms with Gasteiger partial charge >= 0.3 is 0 Å². The van der Waals surface area contributed by atoms with Crippen molar-refractivity contribution in [2.24, 2.45) is 0 Å². The van der Waals surface area contributed by atoms with E-state index in [1.165, 1.54) is 12.7 Å². The van der Waals surface area contributed by atoms with E-state index in [4.69, 9.17) is 11.5 Å². The number of hydrogen-bond acceptors (Lipinski definition) is 26. The van der Waals surface area contributed by atoms with Crippen LogP contribution in [0.25, 0.3) is 144 Å². The van der Waals surface area contributed by atoms with Crippen molar-refractivity contribution in [3.8, 4) is 67.3 Å². The average molecular weight is 1890 g/mol. The summed E-state index contributed by atoms with van der Waals surface area (Å²) in [5.74, 6) is 2.97. The van der Waals surface area contributed by atoms with Crippen molar-refractivity contribution in [2.75, 3.05) is 32.7 Å². The topological polar surface area (TPSA) is 442 Å². The lowest BCUT2D eigenvalue weighted by Crippen LogP contribution is -2.26. The van der Waals surface area contributed by atoms with Gasteiger partial charge in [0, 0.05) is 116 Å². The van der Waals surface area contributed by atoms with Crippen molar-refractivity contribution >= 4 is 112 Å². The molecule has 0 aliphatic rings. The molecule has 8 aromatic carbocycles. The van der Waals surface area contributed by atoms with Gasteiger partial charge in [0.25, 0.3) is 22.2 Å². The van der Waals surface area contributed by atoms with Crippen LogP contribution in [0.15, 0.2) is 349 Å². The van der Waals surface area contributed by atoms with Gasteiger partial charge in [0.05, 0.1) is 64.7 Å². The van der Waals surface area contributed by atoms with Crippen LogP contribution in [-0.4, -0.2) is 113 Å². The summed E-state index contributed by atoms with van der Waals surface area (Å²) < 4.78 is 7.03. The largest absolute Gasteiger partial charge is 0.368 e. The van der Waals surface area contributed by atoms with Crippen LogP contribution < -0.4 is 55.0 Å². The quantitative estimate of drug-likeness (QED) is 0.0342. The molecule has 15 heterocycles. The Morgan fingerprint density at radius 1 is 0.294 bits per heavy atom. The number of nitrogens with two attached hydrogens (primary N) is 2. The Balaban J connectivity index is 0.000000117. The van der Waals surface area contributed by atoms with E-state index in [9.17, 15) is 19.2 Å². The summed E-state index contributed by atoms with van der Waals surface area (Å²) in [4.78, 5) is 134. The number of aromatic nitrogens is 23. The van der Waals surface area contributed by atoms with Crippen LogP contribution in [0.1, 0.15) is 97.5 Å². The summed E-state index contributed by atoms with van der Waals surface area (Å²) in [5, 5.41) is 19.6. The fraction of sp³-hybridized carbons (Fsp3) is 0.109. The van der Waals surface area contributed by atoms with Gasteiger partial charge in [0.2, 0.25) is 17.8 Å². The molecule has 33 heteroatoms. The Hall–Kier alpha value is -19.3. The summed E-state index contributed by atoms with van der Waals surface area (Å²) in [6, 6.07) is 85.0. The number of aromatic amines is 3. The molecule has 0 aliphatic heterocycles. The lowest BCUT2D eigenvalue weighted by Gasteiger charge is -2.22. The molecule has 0 saturated carbocycles. The van der Waals surface area contributed by atoms with Crippen molar-refractivity contribution in [2.45, 2.75) is 79.6 Å². The molecule has 15 aromatic heterocycles. The van der Waals surface area contributed by atoms with Crippen LogP contribution >= 0.6 is 0 Å². The van der Waals surface area contributed by atoms with E-state index in [1.807, 2.05) is 329 Å². The van der Waals surface area contributed by atoms with Gasteiger partial charge in [-0.15, -0.1) is 0 Å². The zero-order valence-electron chi connectivity index (χ0n) is 78.7. The van der Waals surface area contributed by atoms with Crippen LogP contribution in [-0.2, 0) is 0 Å². The van der Waals surface area contributed by atoms with E-state index in [0.717, 1.165) is 129 Å². The number of nitrogen functional groups attached to an aromatic ring is 2. The molecule has 23 aromatic rings. The summed E-state index contributed by atoms with van der Waals surface area (Å²) in [6.07, 6.45) is 16.6. The van der Waals surface area contributed by atoms with E-state index in [-0.39, 0.29) is 58.3 Å². The van der Waals surface area contributed by atoms with E-state index in [1.54, 1.807) is 49.6 Å². The number of hydrogen-bond donors (Lipinski definition) is 9. The summed E-state index contributed by atoms with van der Waals surface area (Å²) in [6.45, 7) is 15.6. The molecule has 0 unspecified atom stereocenters. The van der Waals surface area contributed by atoms with E-state index < -0.39 is 0 Å². The fourth-order valence-electron chi connectivity index (χ4n) is 17.9. The highest BCUT2D eigenvalue weighted by Crippen LogP contribution is 2.38. The molecule has 143 heavy (non-hydrogen) atoms. The molecule has 0 fully saturated rings. The maximum absolute atomic E-state index is 14.2. The number of pyridine rings is 8. The average Bonchev–Trinajstić information content (AvgIpc) is 1.23. The van der Waals surface area contributed by atoms with E-state index in [0.29, 0.717) is 84.3 Å². The molecule has 0 amide bonds. The third-order valence-corrected chi connectivity index (χ3v) is 24.7. The zero-order chi connectivity index (χ0) is 98.5. The standard InChI is InChI=1S/C28H24N8O.C28H23N7O.C27H22N8O.C27H24N6O/c1-16-11-12-19(14-30-16)21-10-6-7-18-13-22(36(27(37)23(18)21)20-8-4-3-5-9-20)17(2)33-26-24-25(32-15-31-24)34-28(29)35-26;1-17-11-12-20(14-29-17)22-10-6-7-19-13-23(35(28(36)24(19)22)21-8-4-3-5-9-21)18(2)34-27-25-26(31-15-30-25)32-16-33-27;1-16(32-25-23-24(31-15-30-23)33-27(28)34-25)21-13-17-7-5-11-20(18-8-6-12-29-14-18)22(17)26(36)35(21)19-9-3-2-4-10-19;1-17-12-13-21(15-28-17)23-11-7-8-20-14-24(18(2)31-27-30-16-29-19(3)32-27)33(26(34)25(20)23)22-9-5-4-6-10-22/h3-15,17H,1-2H3,(H4,29,31,32,33,34,35);3-16,18H,1-2H3,(H2,30,31,32,33,34);2-16H,1H3,(H4,28,30,31,32,33,34);4-16,18H,1-3H3,(H,29,30,31,32)/t17-;18-;16-;18-/m0000/s1. The summed E-state index contributed by atoms with van der Waals surface area (Å²) >= 11 is 0. The van der Waals surface area contributed by atoms with Gasteiger partial charge in [-0.25, -0.2) is 34.9 Å². The number of anilines is 6. The minimum Gasteiger partial charge on any atom is -0.368 e. The molecule has 33 nitrogen and oxygen atoms in total. The highest BCUT2D eigenvalue weighted by Gasteiger charge is 2.28. The second kappa shape index (κ2) is 39.8. The molecule has 23 rings (SSSR count). The number of fused-ring (bicyclic) bond motifs is 7. The maximum Gasteiger partial charge on any atom is 0.263 e. The maximum atomic E-state index is 14.2. The summed E-state index contributed by atoms with van der Waals surface area (Å²) in [7, 11) is 0. The summed E-state index contributed by atoms with van der Waals surface area (Å²) in [5.41, 5.74) is 31.0. The number of para-hydroxylation sites is 4. The zero-order valence-corrected chi connectivity index (χ0v) is 78.7. The molecule has 0 saturated heterocycles. The molecule has 4 atom stereocenters. The lowest BCUT2D eigenvalue weighted by molar-refractivity contribution is 0.763. The fourth-order valence-corrected chi connectivity index (χ4v) is 17.9. The van der Waals surface area contributed by atoms with Crippen molar-refractivity contribution in [1.29, 1.82) is 0 Å². The van der Waals surface area contributed by atoms with Gasteiger partial charge in [-0.2, -0.15) is 24.9 Å². The molecule has 0 radical (unpaired) electrons. The van der Waals surface area contributed by atoms with Gasteiger partial charge in [-0.3, -0.25) is 57.4 Å². The van der Waals surface area contributed by atoms with Gasteiger partial charge < -0.3 is 47.7 Å². The first-order valence-electron chi connectivity index (χ1n) is 46.2. The van der Waals surface area contributed by atoms with Crippen LogP contribution in [0.3, 0.4) is 0 Å². The molecule has 702 valence electrons. The first-order chi connectivity index (χ1) is 69.7. The van der Waals surface area contributed by atoms with E-state index >= 15 is 0 Å². The number of nitrogens with one attached hydrogen (secondary N) is 7. The highest BCUT2D eigenvalue weighted by molar-refractivity contribution is 6.01. The van der Waals surface area contributed by atoms with Crippen molar-refractivity contribution in [3.63, 3.8) is 0 Å². The van der Waals surface area contributed by atoms with Crippen molar-refractivity contribution in [3.05, 3.63) is 417 Å². The number of benzene rings is 8. The Morgan fingerprint density at radius 2 is 0.622 bits per heavy atom. The lowest BCUT2D eigenvalue weighted by atomic mass is 9.98. The van der Waals surface area contributed by atoms with Gasteiger partial charge in [-0.1, -0.05) is 170 Å². The predicted molar refractivity (Wildman–Crippen MR) is 562 cm³/mol. The number of aryl methyl sites for hydroxylation is 4. The molecule has 0 spiro atoms. The van der Waals surface area contributed by atoms with Crippen LogP contribution in [0.4, 0.5) is 35.3 Å². The minimum absolute atomic E-state index is 0.0876. The second-order valence-electron chi connectivity index (χ2n) is 34.3. The monoisotopic (exact) mass is 1880 g/mol. The molecule has 11 N–H and O–H groups in total. The SMILES string of the molecule is C[C@H](Nc1nc(N)nc2nc[nH]c12)c1cc2cccc(-c3cccnc3)c2c(=O)n1-c1ccccc1.Cc1ccc(-c2cccc3cc([C@H](C)Nc4nc(N)nc5nc[nH]c45)n(-c4ccccc4)c(=O)c23)cn1.Cc1ccc(-c2cccc3cc([C@H](C)Nc4ncnc(C)n4)n(-c4ccccc4)c(=O)c23)cn1.Cc1ccc(-c2cccc3cc([C@H](C)Nc4ncnc5nc[nH]c45)n(-c4ccccc4)c(=O)c23)cn1. The first-order valence-corrected chi connectivity index (χ1v) is 46.2. The smallest absolute Gasteiger partial charge is 0.263 e. The predicted octanol–water partition coefficient (Wildman–Crippen LogP) is 19.5. The number of rotatable bonds is 20. The van der Waals surface area contributed by atoms with E-state index in [2.05, 4.69) is 128 Å². The number of H-pyrrole nitrogens is 3. The van der Waals surface area contributed by atoms with Gasteiger partial charge in [-0.05, 0) is 196 Å². The molecule has 0 bridgehead atoms. The van der Waals surface area contributed by atoms with Crippen molar-refractivity contribution in [1.82, 2.24) is 113 Å². The minimum atomic E-state index is -0.317. The Bertz CT molecular complexity index is 8880. The number of nitrogens with zero attached hydrogens (tertiary/aromatic N) is 20. The van der Waals surface area contributed by atoms with Crippen LogP contribution in [0, 0.1) is 27.7 Å². The Kier molecular flexibility index (Phi) is 25.4. The Labute approximate surface area is 816 Å². The van der Waals surface area contributed by atoms with Crippen LogP contribution in [0.2, 0.25) is 0 Å². The van der Waals surface area contributed by atoms with Crippen LogP contribution in [0.5, 0.6) is 0 Å². The second-order valence-corrected chi connectivity index (χ2v) is 34.3. The molecular formula is C110H93N29O4. The molecule has 0 aliphatic carbocycles. The highest BCUT2D eigenvalue weighted by atomic mass is 16.1. The van der Waals surface area contributed by atoms with Gasteiger partial charge in [0.1, 0.15) is 35.0 Å². The van der Waals surface area contributed by atoms with Crippen molar-refractivity contribution < 1.29 is 0 Å².